The van der Waals surface area contributed by atoms with Crippen LogP contribution in [0.5, 0.6) is 5.75 Å². The average molecular weight is 263 g/mol. The van der Waals surface area contributed by atoms with Gasteiger partial charge in [-0.2, -0.15) is 0 Å². The number of nitrogens with one attached hydrogen (secondary N) is 1. The van der Waals surface area contributed by atoms with Crippen molar-refractivity contribution < 1.29 is 9.47 Å². The smallest absolute Gasteiger partial charge is 0.123 e. The van der Waals surface area contributed by atoms with Crippen LogP contribution in [0.15, 0.2) is 24.3 Å². The van der Waals surface area contributed by atoms with Crippen LogP contribution in [-0.4, -0.2) is 25.9 Å². The number of benzene rings is 1. The molecule has 0 spiro atoms. The Morgan fingerprint density at radius 1 is 1.32 bits per heavy atom. The second-order valence-corrected chi connectivity index (χ2v) is 5.16. The SMILES string of the molecule is CCOc1ccccc1CNC(C)C1CCOCC1. The maximum Gasteiger partial charge on any atom is 0.123 e. The first-order valence-electron chi connectivity index (χ1n) is 7.33. The van der Waals surface area contributed by atoms with Gasteiger partial charge in [0.1, 0.15) is 5.75 Å². The van der Waals surface area contributed by atoms with Gasteiger partial charge in [-0.15, -0.1) is 0 Å². The van der Waals surface area contributed by atoms with E-state index in [9.17, 15) is 0 Å². The summed E-state index contributed by atoms with van der Waals surface area (Å²) in [5.74, 6) is 1.73. The van der Waals surface area contributed by atoms with Crippen LogP contribution in [0.4, 0.5) is 0 Å². The minimum Gasteiger partial charge on any atom is -0.494 e. The number of rotatable bonds is 6. The molecule has 1 atom stereocenters. The van der Waals surface area contributed by atoms with Gasteiger partial charge in [-0.3, -0.25) is 0 Å². The topological polar surface area (TPSA) is 30.5 Å². The molecule has 3 nitrogen and oxygen atoms in total. The molecule has 106 valence electrons. The molecule has 0 saturated carbocycles. The Bertz CT molecular complexity index is 375. The summed E-state index contributed by atoms with van der Waals surface area (Å²) in [7, 11) is 0. The quantitative estimate of drug-likeness (QED) is 0.856. The molecule has 1 aliphatic rings. The highest BCUT2D eigenvalue weighted by molar-refractivity contribution is 5.33. The zero-order valence-corrected chi connectivity index (χ0v) is 12.0. The van der Waals surface area contributed by atoms with E-state index < -0.39 is 0 Å². The summed E-state index contributed by atoms with van der Waals surface area (Å²) < 4.78 is 11.1. The van der Waals surface area contributed by atoms with Crippen LogP contribution in [0.2, 0.25) is 0 Å². The minimum absolute atomic E-state index is 0.526. The van der Waals surface area contributed by atoms with Gasteiger partial charge in [0.2, 0.25) is 0 Å². The summed E-state index contributed by atoms with van der Waals surface area (Å²) >= 11 is 0. The number of para-hydroxylation sites is 1. The van der Waals surface area contributed by atoms with E-state index in [0.29, 0.717) is 12.6 Å². The summed E-state index contributed by atoms with van der Waals surface area (Å²) in [6, 6.07) is 8.79. The van der Waals surface area contributed by atoms with Gasteiger partial charge in [-0.05, 0) is 38.7 Å². The van der Waals surface area contributed by atoms with Crippen LogP contribution in [0.3, 0.4) is 0 Å². The molecule has 1 unspecified atom stereocenters. The molecule has 0 aromatic heterocycles. The lowest BCUT2D eigenvalue weighted by Gasteiger charge is -2.28. The van der Waals surface area contributed by atoms with Gasteiger partial charge in [0.05, 0.1) is 6.61 Å². The standard InChI is InChI=1S/C16H25NO2/c1-3-19-16-7-5-4-6-15(16)12-17-13(2)14-8-10-18-11-9-14/h4-7,13-14,17H,3,8-12H2,1-2H3. The maximum atomic E-state index is 5.65. The van der Waals surface area contributed by atoms with E-state index in [0.717, 1.165) is 31.4 Å². The molecule has 0 amide bonds. The van der Waals surface area contributed by atoms with Crippen molar-refractivity contribution in [2.24, 2.45) is 5.92 Å². The van der Waals surface area contributed by atoms with E-state index in [1.807, 2.05) is 19.1 Å². The largest absolute Gasteiger partial charge is 0.494 e. The maximum absolute atomic E-state index is 5.65. The normalized spacial score (nSPS) is 18.2. The monoisotopic (exact) mass is 263 g/mol. The van der Waals surface area contributed by atoms with Gasteiger partial charge in [-0.25, -0.2) is 0 Å². The Morgan fingerprint density at radius 2 is 2.05 bits per heavy atom. The highest BCUT2D eigenvalue weighted by atomic mass is 16.5. The molecule has 1 N–H and O–H groups in total. The molecule has 0 aliphatic carbocycles. The van der Waals surface area contributed by atoms with Gasteiger partial charge >= 0.3 is 0 Å². The van der Waals surface area contributed by atoms with Gasteiger partial charge in [0.15, 0.2) is 0 Å². The third-order valence-electron chi connectivity index (χ3n) is 3.86. The molecule has 1 aromatic carbocycles. The van der Waals surface area contributed by atoms with Crippen molar-refractivity contribution in [2.45, 2.75) is 39.3 Å². The fourth-order valence-corrected chi connectivity index (χ4v) is 2.60. The second-order valence-electron chi connectivity index (χ2n) is 5.16. The van der Waals surface area contributed by atoms with Gasteiger partial charge in [0, 0.05) is 31.4 Å². The summed E-state index contributed by atoms with van der Waals surface area (Å²) in [5, 5.41) is 3.63. The first-order valence-corrected chi connectivity index (χ1v) is 7.33. The molecule has 2 rings (SSSR count). The number of hydrogen-bond acceptors (Lipinski definition) is 3. The van der Waals surface area contributed by atoms with E-state index in [1.54, 1.807) is 0 Å². The van der Waals surface area contributed by atoms with Crippen molar-refractivity contribution >= 4 is 0 Å². The first kappa shape index (κ1) is 14.4. The van der Waals surface area contributed by atoms with Crippen LogP contribution < -0.4 is 10.1 Å². The van der Waals surface area contributed by atoms with E-state index in [2.05, 4.69) is 24.4 Å². The van der Waals surface area contributed by atoms with Crippen molar-refractivity contribution in [3.05, 3.63) is 29.8 Å². The lowest BCUT2D eigenvalue weighted by atomic mass is 9.93. The molecule has 1 saturated heterocycles. The predicted molar refractivity (Wildman–Crippen MR) is 77.5 cm³/mol. The highest BCUT2D eigenvalue weighted by Gasteiger charge is 2.20. The van der Waals surface area contributed by atoms with Crippen LogP contribution >= 0.6 is 0 Å². The zero-order chi connectivity index (χ0) is 13.5. The number of ether oxygens (including phenoxy) is 2. The number of hydrogen-bond donors (Lipinski definition) is 1. The van der Waals surface area contributed by atoms with Gasteiger partial charge in [0.25, 0.3) is 0 Å². The average Bonchev–Trinajstić information content (AvgIpc) is 2.47. The molecular formula is C16H25NO2. The van der Waals surface area contributed by atoms with E-state index >= 15 is 0 Å². The zero-order valence-electron chi connectivity index (χ0n) is 12.0. The molecule has 0 bridgehead atoms. The van der Waals surface area contributed by atoms with Crippen molar-refractivity contribution in [3.63, 3.8) is 0 Å². The Balaban J connectivity index is 1.87. The van der Waals surface area contributed by atoms with Crippen LogP contribution in [0.25, 0.3) is 0 Å². The Morgan fingerprint density at radius 3 is 2.79 bits per heavy atom. The van der Waals surface area contributed by atoms with Crippen molar-refractivity contribution in [2.75, 3.05) is 19.8 Å². The van der Waals surface area contributed by atoms with Crippen molar-refractivity contribution in [3.8, 4) is 5.75 Å². The van der Waals surface area contributed by atoms with Crippen molar-refractivity contribution in [1.82, 2.24) is 5.32 Å². The fraction of sp³-hybridized carbons (Fsp3) is 0.625. The molecule has 1 aliphatic heterocycles. The third kappa shape index (κ3) is 4.22. The van der Waals surface area contributed by atoms with Crippen LogP contribution in [0.1, 0.15) is 32.3 Å². The first-order chi connectivity index (χ1) is 9.31. The molecule has 1 heterocycles. The van der Waals surface area contributed by atoms with E-state index in [1.165, 1.54) is 18.4 Å². The molecule has 3 heteroatoms. The summed E-state index contributed by atoms with van der Waals surface area (Å²) in [5.41, 5.74) is 1.24. The third-order valence-corrected chi connectivity index (χ3v) is 3.86. The predicted octanol–water partition coefficient (Wildman–Crippen LogP) is 2.99. The van der Waals surface area contributed by atoms with Crippen LogP contribution in [-0.2, 0) is 11.3 Å². The van der Waals surface area contributed by atoms with Gasteiger partial charge < -0.3 is 14.8 Å². The van der Waals surface area contributed by atoms with E-state index in [-0.39, 0.29) is 0 Å². The summed E-state index contributed by atoms with van der Waals surface area (Å²) in [6.07, 6.45) is 2.34. The van der Waals surface area contributed by atoms with Gasteiger partial charge in [-0.1, -0.05) is 18.2 Å². The van der Waals surface area contributed by atoms with Crippen molar-refractivity contribution in [1.29, 1.82) is 0 Å². The van der Waals surface area contributed by atoms with Crippen LogP contribution in [0, 0.1) is 5.92 Å². The fourth-order valence-electron chi connectivity index (χ4n) is 2.60. The molecule has 1 fully saturated rings. The molecule has 19 heavy (non-hydrogen) atoms. The molecular weight excluding hydrogens is 238 g/mol. The lowest BCUT2D eigenvalue weighted by molar-refractivity contribution is 0.0557. The molecule has 1 aromatic rings. The summed E-state index contributed by atoms with van der Waals surface area (Å²) in [4.78, 5) is 0. The lowest BCUT2D eigenvalue weighted by Crippen LogP contribution is -2.36. The Kier molecular flexibility index (Phi) is 5.67. The van der Waals surface area contributed by atoms with E-state index in [4.69, 9.17) is 9.47 Å². The Labute approximate surface area is 116 Å². The minimum atomic E-state index is 0.526. The second kappa shape index (κ2) is 7.51. The highest BCUT2D eigenvalue weighted by Crippen LogP contribution is 2.21. The molecule has 0 radical (unpaired) electrons. The Hall–Kier alpha value is -1.06. The summed E-state index contributed by atoms with van der Waals surface area (Å²) in [6.45, 7) is 7.70.